The number of hydrogen-bond acceptors (Lipinski definition) is 15. The normalized spacial score (nSPS) is 15.9. The number of rotatable bonds is 28. The Kier molecular flexibility index (Phi) is 23.1. The highest BCUT2D eigenvalue weighted by molar-refractivity contribution is 7.80. The van der Waals surface area contributed by atoms with E-state index in [0.29, 0.717) is 11.3 Å². The molecule has 3 aromatic rings. The largest absolute Gasteiger partial charge is 0.488 e. The number of benzene rings is 3. The van der Waals surface area contributed by atoms with Gasteiger partial charge in [-0.05, 0) is 29.8 Å². The highest BCUT2D eigenvalue weighted by Gasteiger charge is 2.41. The summed E-state index contributed by atoms with van der Waals surface area (Å²) in [7, 11) is 0. The number of ketones is 1. The van der Waals surface area contributed by atoms with Crippen molar-refractivity contribution >= 4 is 85.0 Å². The minimum absolute atomic E-state index is 0.00192. The quantitative estimate of drug-likeness (QED) is 0.0201. The van der Waals surface area contributed by atoms with Crippen LogP contribution in [0.25, 0.3) is 11.1 Å². The highest BCUT2D eigenvalue weighted by atomic mass is 32.1. The minimum Gasteiger partial charge on any atom is -0.488 e. The fourth-order valence-corrected chi connectivity index (χ4v) is 7.43. The van der Waals surface area contributed by atoms with E-state index in [1.807, 2.05) is 6.07 Å². The number of hydrogen-bond donors (Lipinski definition) is 10. The van der Waals surface area contributed by atoms with Crippen molar-refractivity contribution in [2.24, 2.45) is 11.5 Å². The van der Waals surface area contributed by atoms with Crippen LogP contribution in [-0.4, -0.2) is 152 Å². The monoisotopic (exact) mass is 1030 g/mol. The number of para-hydroxylation sites is 1. The Morgan fingerprint density at radius 3 is 2.07 bits per heavy atom. The Balaban J connectivity index is 1.19. The van der Waals surface area contributed by atoms with Gasteiger partial charge in [0, 0.05) is 59.5 Å². The van der Waals surface area contributed by atoms with Gasteiger partial charge in [0.2, 0.25) is 41.4 Å². The van der Waals surface area contributed by atoms with E-state index in [4.69, 9.17) is 25.7 Å². The zero-order valence-electron chi connectivity index (χ0n) is 37.8. The molecular weight excluding hydrogens is 975 g/mol. The molecule has 24 heteroatoms. The topological polar surface area (TPSA) is 280 Å². The van der Waals surface area contributed by atoms with E-state index >= 15 is 0 Å². The summed E-state index contributed by atoms with van der Waals surface area (Å²) in [6.45, 7) is 2.91. The number of amides is 7. The summed E-state index contributed by atoms with van der Waals surface area (Å²) >= 11 is 12.1. The molecule has 378 valence electrons. The maximum Gasteiger partial charge on any atom is 0.246 e. The maximum absolute atomic E-state index is 14.3. The average molecular weight is 1030 g/mol. The van der Waals surface area contributed by atoms with Gasteiger partial charge >= 0.3 is 0 Å². The Bertz CT molecular complexity index is 2340. The fourth-order valence-electron chi connectivity index (χ4n) is 6.75. The predicted octanol–water partition coefficient (Wildman–Crippen LogP) is 0.131. The Labute approximate surface area is 419 Å². The van der Waals surface area contributed by atoms with Gasteiger partial charge in [0.05, 0.1) is 38.8 Å². The number of primary amides is 1. The number of thiol groups is 3. The van der Waals surface area contributed by atoms with Crippen molar-refractivity contribution in [3.63, 3.8) is 0 Å². The molecule has 70 heavy (non-hydrogen) atoms. The Hall–Kier alpha value is -6.05. The zero-order valence-corrected chi connectivity index (χ0v) is 40.5. The molecule has 1 aliphatic heterocycles. The number of nitrogens with one attached hydrogen (secondary N) is 5. The molecule has 9 N–H and O–H groups in total. The van der Waals surface area contributed by atoms with Crippen molar-refractivity contribution in [1.29, 1.82) is 0 Å². The van der Waals surface area contributed by atoms with Gasteiger partial charge in [-0.3, -0.25) is 38.4 Å². The first-order valence-electron chi connectivity index (χ1n) is 21.7. The molecule has 1 saturated heterocycles. The zero-order chi connectivity index (χ0) is 51.3. The number of halogens is 2. The van der Waals surface area contributed by atoms with Gasteiger partial charge < -0.3 is 57.2 Å². The van der Waals surface area contributed by atoms with Crippen LogP contribution in [0.1, 0.15) is 23.2 Å². The molecule has 6 atom stereocenters. The molecular formula is C46H56F2N8O11S3. The lowest BCUT2D eigenvalue weighted by atomic mass is 9.98. The molecule has 0 spiro atoms. The molecule has 0 radical (unpaired) electrons. The maximum atomic E-state index is 14.3. The van der Waals surface area contributed by atoms with E-state index in [1.165, 1.54) is 35.2 Å². The lowest BCUT2D eigenvalue weighted by Crippen LogP contribution is -2.58. The van der Waals surface area contributed by atoms with E-state index in [2.05, 4.69) is 71.0 Å². The van der Waals surface area contributed by atoms with Crippen LogP contribution in [0, 0.1) is 11.6 Å². The third kappa shape index (κ3) is 17.4. The van der Waals surface area contributed by atoms with Gasteiger partial charge in [0.1, 0.15) is 54.3 Å². The minimum atomic E-state index is -1.36. The smallest absolute Gasteiger partial charge is 0.246 e. The second kappa shape index (κ2) is 28.6. The average Bonchev–Trinajstić information content (AvgIpc) is 3.77. The first kappa shape index (κ1) is 56.5. The molecule has 1 heterocycles. The van der Waals surface area contributed by atoms with Crippen molar-refractivity contribution in [3.05, 3.63) is 102 Å². The molecule has 1 aliphatic rings. The van der Waals surface area contributed by atoms with E-state index in [1.54, 1.807) is 24.3 Å². The van der Waals surface area contributed by atoms with Gasteiger partial charge in [0.25, 0.3) is 0 Å². The summed E-state index contributed by atoms with van der Waals surface area (Å²) in [5, 5.41) is 12.3. The molecule has 7 amide bonds. The van der Waals surface area contributed by atoms with Crippen molar-refractivity contribution in [1.82, 2.24) is 31.5 Å². The number of likely N-dealkylation sites (tertiary alicyclic amines) is 1. The summed E-state index contributed by atoms with van der Waals surface area (Å²) in [5.74, 6) is -6.63. The van der Waals surface area contributed by atoms with Crippen LogP contribution in [-0.2, 0) is 43.0 Å². The molecule has 1 fully saturated rings. The Morgan fingerprint density at radius 2 is 1.43 bits per heavy atom. The van der Waals surface area contributed by atoms with Gasteiger partial charge in [0.15, 0.2) is 5.78 Å². The third-order valence-electron chi connectivity index (χ3n) is 10.5. The summed E-state index contributed by atoms with van der Waals surface area (Å²) in [4.78, 5) is 104. The van der Waals surface area contributed by atoms with Crippen molar-refractivity contribution in [3.8, 4) is 16.9 Å². The number of carbonyl (C=O) groups excluding carboxylic acids is 8. The first-order chi connectivity index (χ1) is 33.4. The molecule has 3 aromatic carbocycles. The van der Waals surface area contributed by atoms with Gasteiger partial charge in [-0.1, -0.05) is 49.0 Å². The lowest BCUT2D eigenvalue weighted by Gasteiger charge is -2.24. The highest BCUT2D eigenvalue weighted by Crippen LogP contribution is 2.27. The predicted molar refractivity (Wildman–Crippen MR) is 263 cm³/mol. The molecule has 19 nitrogen and oxygen atoms in total. The summed E-state index contributed by atoms with van der Waals surface area (Å²) in [5.41, 5.74) is 11.8. The van der Waals surface area contributed by atoms with Crippen molar-refractivity contribution in [2.45, 2.75) is 49.2 Å². The van der Waals surface area contributed by atoms with Crippen molar-refractivity contribution in [2.75, 3.05) is 63.3 Å². The van der Waals surface area contributed by atoms with E-state index in [0.717, 1.165) is 12.1 Å². The lowest BCUT2D eigenvalue weighted by molar-refractivity contribution is -0.138. The fraction of sp³-hybridized carbons (Fsp3) is 0.391. The third-order valence-corrected chi connectivity index (χ3v) is 11.6. The van der Waals surface area contributed by atoms with E-state index in [-0.39, 0.29) is 73.3 Å². The van der Waals surface area contributed by atoms with E-state index in [9.17, 15) is 47.1 Å². The second-order valence-corrected chi connectivity index (χ2v) is 16.8. The molecule has 1 unspecified atom stereocenters. The number of carbonyl (C=O) groups is 8. The number of ether oxygens (including phenoxy) is 3. The number of nitrogens with two attached hydrogens (primary N) is 2. The van der Waals surface area contributed by atoms with Crippen molar-refractivity contribution < 1.29 is 61.3 Å². The number of Topliss-reactive ketones (excluding diaryl/α,β-unsaturated/α-hetero) is 1. The van der Waals surface area contributed by atoms with Crippen LogP contribution in [0.3, 0.4) is 0 Å². The van der Waals surface area contributed by atoms with Gasteiger partial charge in [-0.25, -0.2) is 8.78 Å². The summed E-state index contributed by atoms with van der Waals surface area (Å²) in [6, 6.07) is 12.3. The van der Waals surface area contributed by atoms with E-state index < -0.39 is 115 Å². The second-order valence-electron chi connectivity index (χ2n) is 15.7. The molecule has 0 aliphatic carbocycles. The van der Waals surface area contributed by atoms with Crippen LogP contribution in [0.5, 0.6) is 5.75 Å². The molecule has 0 aromatic heterocycles. The first-order valence-corrected chi connectivity index (χ1v) is 23.6. The van der Waals surface area contributed by atoms with Crippen LogP contribution < -0.4 is 42.8 Å². The standard InChI is InChI=1S/C46H56F2N8O11S3/c1-26(41(59)28-9-7-27(8-10-28)32-12-11-29(47)18-33(32)48)17-40(58)56-21-31(67-30-5-3-2-4-6-30)19-38(56)46(64)51-13-14-65-15-16-66-22-39(57)53-35(42(50)60)20-52-44(62)36(24-69)55-45(63)37(25-70)54-43(61)34(49)23-68/h2-12,18,31,34-38,68-70H,1,13-17,19-25,49H2,(H2,50,60)(H,51,64)(H,52,62)(H,53,57)(H,54,61)(H,55,63)/t31-,34-,35?,36-,37-,38-/m0/s1. The van der Waals surface area contributed by atoms with Gasteiger partial charge in [-0.2, -0.15) is 37.9 Å². The van der Waals surface area contributed by atoms with Crippen LogP contribution in [0.4, 0.5) is 8.78 Å². The van der Waals surface area contributed by atoms with Crippen LogP contribution >= 0.6 is 37.9 Å². The molecule has 0 bridgehead atoms. The van der Waals surface area contributed by atoms with Crippen LogP contribution in [0.15, 0.2) is 84.9 Å². The molecule has 0 saturated carbocycles. The molecule has 4 rings (SSSR count). The van der Waals surface area contributed by atoms with Gasteiger partial charge in [-0.15, -0.1) is 0 Å². The SMILES string of the molecule is C=C(CC(=O)N1C[C@@H](Oc2ccccc2)C[C@H]1C(=O)NCCOCCOCC(=O)NC(CNC(=O)[C@H](CS)NC(=O)[C@H](CS)NC(=O)[C@@H](N)CS)C(N)=O)C(=O)c1ccc(-c2ccc(F)cc2F)cc1. The van der Waals surface area contributed by atoms with Crippen LogP contribution in [0.2, 0.25) is 0 Å². The number of nitrogens with zero attached hydrogens (tertiary/aromatic N) is 1. The Morgan fingerprint density at radius 1 is 0.771 bits per heavy atom. The summed E-state index contributed by atoms with van der Waals surface area (Å²) in [6.07, 6.45) is -0.806. The summed E-state index contributed by atoms with van der Waals surface area (Å²) < 4.78 is 44.6.